The molecular formula is C14H9BrF3NO. The van der Waals surface area contributed by atoms with Crippen molar-refractivity contribution in [3.63, 3.8) is 0 Å². The first-order valence-corrected chi connectivity index (χ1v) is 6.40. The van der Waals surface area contributed by atoms with Crippen LogP contribution in [-0.2, 0) is 0 Å². The number of anilines is 1. The van der Waals surface area contributed by atoms with Gasteiger partial charge in [-0.15, -0.1) is 0 Å². The number of nitrogens with one attached hydrogen (secondary N) is 1. The lowest BCUT2D eigenvalue weighted by atomic mass is 10.1. The van der Waals surface area contributed by atoms with Crippen LogP contribution in [0.1, 0.15) is 15.9 Å². The zero-order valence-electron chi connectivity index (χ0n) is 10.3. The van der Waals surface area contributed by atoms with E-state index in [1.807, 2.05) is 0 Å². The Hall–Kier alpha value is -1.82. The Morgan fingerprint density at radius 1 is 1.10 bits per heavy atom. The van der Waals surface area contributed by atoms with Crippen LogP contribution in [0.4, 0.5) is 18.9 Å². The summed E-state index contributed by atoms with van der Waals surface area (Å²) in [5, 5.41) is 2.21. The van der Waals surface area contributed by atoms with Crippen molar-refractivity contribution in [2.24, 2.45) is 0 Å². The highest BCUT2D eigenvalue weighted by atomic mass is 79.9. The molecule has 2 rings (SSSR count). The number of halogens is 4. The monoisotopic (exact) mass is 343 g/mol. The van der Waals surface area contributed by atoms with Crippen molar-refractivity contribution in [2.45, 2.75) is 6.92 Å². The fraction of sp³-hybridized carbons (Fsp3) is 0.0714. The molecule has 2 aromatic carbocycles. The van der Waals surface area contributed by atoms with Gasteiger partial charge in [-0.1, -0.05) is 12.1 Å². The van der Waals surface area contributed by atoms with Gasteiger partial charge in [0.1, 0.15) is 5.82 Å². The minimum absolute atomic E-state index is 0.272. The summed E-state index contributed by atoms with van der Waals surface area (Å²) < 4.78 is 39.9. The molecule has 2 aromatic rings. The van der Waals surface area contributed by atoms with Gasteiger partial charge in [0.05, 0.1) is 11.3 Å². The van der Waals surface area contributed by atoms with Gasteiger partial charge in [-0.3, -0.25) is 4.79 Å². The summed E-state index contributed by atoms with van der Waals surface area (Å²) in [5.74, 6) is -4.20. The normalized spacial score (nSPS) is 10.4. The van der Waals surface area contributed by atoms with Gasteiger partial charge in [0.15, 0.2) is 11.6 Å². The third-order valence-electron chi connectivity index (χ3n) is 2.69. The Morgan fingerprint density at radius 3 is 2.45 bits per heavy atom. The average Bonchev–Trinajstić information content (AvgIpc) is 2.39. The molecule has 0 spiro atoms. The number of hydrogen-bond donors (Lipinski definition) is 1. The number of aryl methyl sites for hydroxylation is 1. The predicted octanol–water partition coefficient (Wildman–Crippen LogP) is 4.43. The molecule has 0 bridgehead atoms. The van der Waals surface area contributed by atoms with Crippen LogP contribution in [0.5, 0.6) is 0 Å². The molecule has 6 heteroatoms. The molecule has 0 saturated carbocycles. The first-order valence-electron chi connectivity index (χ1n) is 5.61. The van der Waals surface area contributed by atoms with Gasteiger partial charge >= 0.3 is 0 Å². The number of benzene rings is 2. The third-order valence-corrected chi connectivity index (χ3v) is 3.75. The largest absolute Gasteiger partial charge is 0.319 e. The second-order valence-corrected chi connectivity index (χ2v) is 4.93. The Balaban J connectivity index is 2.33. The van der Waals surface area contributed by atoms with E-state index in [4.69, 9.17) is 0 Å². The molecule has 0 aromatic heterocycles. The number of rotatable bonds is 2. The Kier molecular flexibility index (Phi) is 4.13. The van der Waals surface area contributed by atoms with Gasteiger partial charge < -0.3 is 5.32 Å². The maximum atomic E-state index is 13.5. The molecule has 0 atom stereocenters. The van der Waals surface area contributed by atoms with Crippen molar-refractivity contribution >= 4 is 27.5 Å². The predicted molar refractivity (Wildman–Crippen MR) is 73.1 cm³/mol. The van der Waals surface area contributed by atoms with Gasteiger partial charge in [-0.2, -0.15) is 0 Å². The first-order chi connectivity index (χ1) is 9.40. The Morgan fingerprint density at radius 2 is 1.75 bits per heavy atom. The second-order valence-electron chi connectivity index (χ2n) is 4.14. The zero-order valence-corrected chi connectivity index (χ0v) is 11.9. The molecule has 0 radical (unpaired) electrons. The SMILES string of the molecule is Cc1cccc(C(=O)Nc2cc(F)c(F)cc2F)c1Br. The first kappa shape index (κ1) is 14.6. The summed E-state index contributed by atoms with van der Waals surface area (Å²) in [6.45, 7) is 1.79. The molecule has 1 N–H and O–H groups in total. The van der Waals surface area contributed by atoms with E-state index in [1.54, 1.807) is 19.1 Å². The Bertz CT molecular complexity index is 688. The average molecular weight is 344 g/mol. The van der Waals surface area contributed by atoms with Crippen molar-refractivity contribution in [1.29, 1.82) is 0 Å². The van der Waals surface area contributed by atoms with Crippen molar-refractivity contribution in [3.05, 3.63) is 63.4 Å². The van der Waals surface area contributed by atoms with Crippen LogP contribution in [0.3, 0.4) is 0 Å². The van der Waals surface area contributed by atoms with Gasteiger partial charge in [0.2, 0.25) is 0 Å². The van der Waals surface area contributed by atoms with E-state index < -0.39 is 29.0 Å². The highest BCUT2D eigenvalue weighted by Crippen LogP contribution is 2.24. The highest BCUT2D eigenvalue weighted by molar-refractivity contribution is 9.10. The molecule has 0 saturated heterocycles. The van der Waals surface area contributed by atoms with Crippen molar-refractivity contribution in [3.8, 4) is 0 Å². The van der Waals surface area contributed by atoms with E-state index in [0.29, 0.717) is 16.6 Å². The molecule has 1 amide bonds. The standard InChI is InChI=1S/C14H9BrF3NO/c1-7-3-2-4-8(13(7)15)14(20)19-12-6-10(17)9(16)5-11(12)18/h2-6H,1H3,(H,19,20). The smallest absolute Gasteiger partial charge is 0.256 e. The molecule has 0 heterocycles. The second kappa shape index (κ2) is 5.66. The quantitative estimate of drug-likeness (QED) is 0.803. The van der Waals surface area contributed by atoms with Gasteiger partial charge in [-0.05, 0) is 34.5 Å². The van der Waals surface area contributed by atoms with Gasteiger partial charge in [0.25, 0.3) is 5.91 Å². The van der Waals surface area contributed by atoms with Crippen LogP contribution < -0.4 is 5.32 Å². The lowest BCUT2D eigenvalue weighted by Gasteiger charge is -2.09. The maximum absolute atomic E-state index is 13.5. The van der Waals surface area contributed by atoms with E-state index in [9.17, 15) is 18.0 Å². The van der Waals surface area contributed by atoms with Crippen molar-refractivity contribution in [2.75, 3.05) is 5.32 Å². The number of carbonyl (C=O) groups excluding carboxylic acids is 1. The van der Waals surface area contributed by atoms with Crippen LogP contribution in [0.25, 0.3) is 0 Å². The minimum Gasteiger partial charge on any atom is -0.319 e. The number of carbonyl (C=O) groups is 1. The fourth-order valence-corrected chi connectivity index (χ4v) is 2.08. The van der Waals surface area contributed by atoms with Crippen molar-refractivity contribution < 1.29 is 18.0 Å². The highest BCUT2D eigenvalue weighted by Gasteiger charge is 2.15. The molecule has 0 fully saturated rings. The molecule has 2 nitrogen and oxygen atoms in total. The third kappa shape index (κ3) is 2.85. The summed E-state index contributed by atoms with van der Waals surface area (Å²) in [7, 11) is 0. The maximum Gasteiger partial charge on any atom is 0.256 e. The molecule has 0 aliphatic heterocycles. The Labute approximate surface area is 121 Å². The van der Waals surface area contributed by atoms with Crippen LogP contribution in [-0.4, -0.2) is 5.91 Å². The minimum atomic E-state index is -1.31. The van der Waals surface area contributed by atoms with Gasteiger partial charge in [0, 0.05) is 16.6 Å². The number of amides is 1. The summed E-state index contributed by atoms with van der Waals surface area (Å²) >= 11 is 3.25. The molecule has 20 heavy (non-hydrogen) atoms. The summed E-state index contributed by atoms with van der Waals surface area (Å²) in [6, 6.07) is 5.97. The molecular weight excluding hydrogens is 335 g/mol. The molecule has 0 aliphatic carbocycles. The van der Waals surface area contributed by atoms with Crippen LogP contribution in [0.2, 0.25) is 0 Å². The summed E-state index contributed by atoms with van der Waals surface area (Å²) in [6.07, 6.45) is 0. The van der Waals surface area contributed by atoms with E-state index in [2.05, 4.69) is 21.2 Å². The molecule has 0 aliphatic rings. The zero-order chi connectivity index (χ0) is 14.9. The summed E-state index contributed by atoms with van der Waals surface area (Å²) in [4.78, 5) is 12.0. The van der Waals surface area contributed by atoms with Crippen LogP contribution >= 0.6 is 15.9 Å². The molecule has 0 unspecified atom stereocenters. The topological polar surface area (TPSA) is 29.1 Å². The number of hydrogen-bond acceptors (Lipinski definition) is 1. The van der Waals surface area contributed by atoms with E-state index in [1.165, 1.54) is 6.07 Å². The molecule has 104 valence electrons. The summed E-state index contributed by atoms with van der Waals surface area (Å²) in [5.41, 5.74) is 0.680. The van der Waals surface area contributed by atoms with E-state index >= 15 is 0 Å². The van der Waals surface area contributed by atoms with Crippen LogP contribution in [0.15, 0.2) is 34.8 Å². The van der Waals surface area contributed by atoms with E-state index in [0.717, 1.165) is 5.56 Å². The van der Waals surface area contributed by atoms with Crippen LogP contribution in [0, 0.1) is 24.4 Å². The van der Waals surface area contributed by atoms with Crippen molar-refractivity contribution in [1.82, 2.24) is 0 Å². The van der Waals surface area contributed by atoms with Gasteiger partial charge in [-0.25, -0.2) is 13.2 Å². The lowest BCUT2D eigenvalue weighted by Crippen LogP contribution is -2.14. The fourth-order valence-electron chi connectivity index (χ4n) is 1.63. The lowest BCUT2D eigenvalue weighted by molar-refractivity contribution is 0.102. The van der Waals surface area contributed by atoms with E-state index in [-0.39, 0.29) is 5.56 Å².